The summed E-state index contributed by atoms with van der Waals surface area (Å²) in [6.45, 7) is 3.49. The molecule has 23 heavy (non-hydrogen) atoms. The molecule has 3 heterocycles. The van der Waals surface area contributed by atoms with Crippen LogP contribution in [0.15, 0.2) is 35.1 Å². The van der Waals surface area contributed by atoms with E-state index in [2.05, 4.69) is 17.1 Å². The molecule has 0 atom stereocenters. The molecule has 1 saturated heterocycles. The van der Waals surface area contributed by atoms with E-state index in [1.165, 1.54) is 0 Å². The lowest BCUT2D eigenvalue weighted by atomic mass is 9.99. The molecule has 0 bridgehead atoms. The van der Waals surface area contributed by atoms with Crippen LogP contribution in [0.5, 0.6) is 0 Å². The molecule has 1 aromatic carbocycles. The van der Waals surface area contributed by atoms with Crippen molar-refractivity contribution in [3.63, 3.8) is 0 Å². The Kier molecular flexibility index (Phi) is 3.75. The number of nitrogens with one attached hydrogen (secondary N) is 1. The SMILES string of the molecule is Cc1c(-c2ccccc2)sc2nc(C3CCOCC3)[nH]c(=O)c12. The standard InChI is InChI=1S/C18H18N2O2S/c1-11-14-17(21)19-16(13-7-9-22-10-8-13)20-18(14)23-15(11)12-5-3-2-4-6-12/h2-6,13H,7-10H2,1H3,(H,19,20,21). The zero-order valence-electron chi connectivity index (χ0n) is 13.0. The third-order valence-electron chi connectivity index (χ3n) is 4.46. The minimum Gasteiger partial charge on any atom is -0.381 e. The fourth-order valence-corrected chi connectivity index (χ4v) is 4.38. The average Bonchev–Trinajstić information content (AvgIpc) is 2.94. The number of hydrogen-bond acceptors (Lipinski definition) is 4. The molecule has 0 aliphatic carbocycles. The highest BCUT2D eigenvalue weighted by molar-refractivity contribution is 7.22. The number of hydrogen-bond donors (Lipinski definition) is 1. The number of thiophene rings is 1. The first-order valence-corrected chi connectivity index (χ1v) is 8.72. The van der Waals surface area contributed by atoms with Crippen LogP contribution in [-0.2, 0) is 4.74 Å². The third kappa shape index (κ3) is 2.60. The zero-order chi connectivity index (χ0) is 15.8. The number of aryl methyl sites for hydroxylation is 1. The molecular weight excluding hydrogens is 308 g/mol. The van der Waals surface area contributed by atoms with Crippen LogP contribution < -0.4 is 5.56 Å². The molecule has 5 heteroatoms. The van der Waals surface area contributed by atoms with Gasteiger partial charge in [0, 0.05) is 24.0 Å². The van der Waals surface area contributed by atoms with Gasteiger partial charge in [-0.05, 0) is 30.9 Å². The molecule has 2 aromatic heterocycles. The van der Waals surface area contributed by atoms with Crippen molar-refractivity contribution in [3.05, 3.63) is 52.1 Å². The summed E-state index contributed by atoms with van der Waals surface area (Å²) in [5.41, 5.74) is 2.14. The van der Waals surface area contributed by atoms with Crippen molar-refractivity contribution in [2.24, 2.45) is 0 Å². The lowest BCUT2D eigenvalue weighted by Crippen LogP contribution is -2.20. The maximum absolute atomic E-state index is 12.6. The van der Waals surface area contributed by atoms with Crippen molar-refractivity contribution >= 4 is 21.6 Å². The lowest BCUT2D eigenvalue weighted by molar-refractivity contribution is 0.0836. The molecule has 1 fully saturated rings. The number of fused-ring (bicyclic) bond motifs is 1. The number of ether oxygens (including phenoxy) is 1. The smallest absolute Gasteiger partial charge is 0.259 e. The fraction of sp³-hybridized carbons (Fsp3) is 0.333. The summed E-state index contributed by atoms with van der Waals surface area (Å²) in [6.07, 6.45) is 1.84. The number of rotatable bonds is 2. The van der Waals surface area contributed by atoms with Crippen molar-refractivity contribution in [2.45, 2.75) is 25.7 Å². The van der Waals surface area contributed by atoms with E-state index in [0.717, 1.165) is 58.1 Å². The van der Waals surface area contributed by atoms with Gasteiger partial charge in [-0.2, -0.15) is 0 Å². The highest BCUT2D eigenvalue weighted by atomic mass is 32.1. The summed E-state index contributed by atoms with van der Waals surface area (Å²) in [5.74, 6) is 1.11. The van der Waals surface area contributed by atoms with E-state index in [-0.39, 0.29) is 5.56 Å². The van der Waals surface area contributed by atoms with Gasteiger partial charge in [-0.1, -0.05) is 30.3 Å². The Hall–Kier alpha value is -1.98. The molecule has 0 spiro atoms. The molecule has 4 nitrogen and oxygen atoms in total. The van der Waals surface area contributed by atoms with Gasteiger partial charge in [-0.15, -0.1) is 11.3 Å². The average molecular weight is 326 g/mol. The van der Waals surface area contributed by atoms with Gasteiger partial charge >= 0.3 is 0 Å². The number of benzene rings is 1. The van der Waals surface area contributed by atoms with E-state index >= 15 is 0 Å². The predicted octanol–water partition coefficient (Wildman–Crippen LogP) is 3.85. The highest BCUT2D eigenvalue weighted by Crippen LogP contribution is 2.36. The lowest BCUT2D eigenvalue weighted by Gasteiger charge is -2.20. The molecule has 4 rings (SSSR count). The highest BCUT2D eigenvalue weighted by Gasteiger charge is 2.21. The Morgan fingerprint density at radius 3 is 2.70 bits per heavy atom. The monoisotopic (exact) mass is 326 g/mol. The normalized spacial score (nSPS) is 16.0. The van der Waals surface area contributed by atoms with Crippen LogP contribution in [0.25, 0.3) is 20.7 Å². The molecule has 0 unspecified atom stereocenters. The van der Waals surface area contributed by atoms with Crippen molar-refractivity contribution in [3.8, 4) is 10.4 Å². The van der Waals surface area contributed by atoms with Gasteiger partial charge in [0.1, 0.15) is 10.7 Å². The quantitative estimate of drug-likeness (QED) is 0.778. The second-order valence-electron chi connectivity index (χ2n) is 5.94. The van der Waals surface area contributed by atoms with Crippen molar-refractivity contribution in [1.29, 1.82) is 0 Å². The van der Waals surface area contributed by atoms with E-state index in [4.69, 9.17) is 9.72 Å². The van der Waals surface area contributed by atoms with E-state index in [9.17, 15) is 4.79 Å². The number of nitrogens with zero attached hydrogens (tertiary/aromatic N) is 1. The molecule has 0 saturated carbocycles. The van der Waals surface area contributed by atoms with Crippen LogP contribution in [0.1, 0.15) is 30.1 Å². The first-order valence-electron chi connectivity index (χ1n) is 7.90. The van der Waals surface area contributed by atoms with E-state index in [1.807, 2.05) is 25.1 Å². The minimum atomic E-state index is -0.0209. The molecule has 1 aliphatic heterocycles. The largest absolute Gasteiger partial charge is 0.381 e. The Bertz CT molecular complexity index is 893. The van der Waals surface area contributed by atoms with Crippen LogP contribution in [0.3, 0.4) is 0 Å². The van der Waals surface area contributed by atoms with Crippen LogP contribution in [0.2, 0.25) is 0 Å². The van der Waals surface area contributed by atoms with Gasteiger partial charge in [-0.3, -0.25) is 4.79 Å². The number of H-pyrrole nitrogens is 1. The second-order valence-corrected chi connectivity index (χ2v) is 6.94. The summed E-state index contributed by atoms with van der Waals surface area (Å²) in [5, 5.41) is 0.727. The summed E-state index contributed by atoms with van der Waals surface area (Å²) >= 11 is 1.61. The molecule has 118 valence electrons. The second kappa shape index (κ2) is 5.91. The maximum atomic E-state index is 12.6. The molecule has 0 amide bonds. The molecule has 3 aromatic rings. The predicted molar refractivity (Wildman–Crippen MR) is 93.2 cm³/mol. The molecule has 1 N–H and O–H groups in total. The maximum Gasteiger partial charge on any atom is 0.259 e. The first-order chi connectivity index (χ1) is 11.2. The van der Waals surface area contributed by atoms with Crippen molar-refractivity contribution in [2.75, 3.05) is 13.2 Å². The van der Waals surface area contributed by atoms with Crippen LogP contribution in [0.4, 0.5) is 0 Å². The Balaban J connectivity index is 1.85. The summed E-state index contributed by atoms with van der Waals surface area (Å²) in [4.78, 5) is 22.3. The van der Waals surface area contributed by atoms with Gasteiger partial charge in [0.15, 0.2) is 0 Å². The molecular formula is C18H18N2O2S. The Morgan fingerprint density at radius 2 is 1.96 bits per heavy atom. The molecule has 0 radical (unpaired) electrons. The van der Waals surface area contributed by atoms with Gasteiger partial charge in [-0.25, -0.2) is 4.98 Å². The Labute approximate surface area is 138 Å². The fourth-order valence-electron chi connectivity index (χ4n) is 3.19. The van der Waals surface area contributed by atoms with E-state index in [0.29, 0.717) is 5.92 Å². The number of aromatic amines is 1. The summed E-state index contributed by atoms with van der Waals surface area (Å²) in [6, 6.07) is 10.2. The Morgan fingerprint density at radius 1 is 1.22 bits per heavy atom. The van der Waals surface area contributed by atoms with Crippen molar-refractivity contribution in [1.82, 2.24) is 9.97 Å². The summed E-state index contributed by atoms with van der Waals surface area (Å²) < 4.78 is 5.40. The van der Waals surface area contributed by atoms with Crippen LogP contribution in [-0.4, -0.2) is 23.2 Å². The van der Waals surface area contributed by atoms with Gasteiger partial charge in [0.2, 0.25) is 0 Å². The van der Waals surface area contributed by atoms with Gasteiger partial charge < -0.3 is 9.72 Å². The number of aromatic nitrogens is 2. The van der Waals surface area contributed by atoms with Crippen LogP contribution in [0, 0.1) is 6.92 Å². The van der Waals surface area contributed by atoms with E-state index < -0.39 is 0 Å². The first kappa shape index (κ1) is 14.6. The minimum absolute atomic E-state index is 0.0209. The topological polar surface area (TPSA) is 55.0 Å². The van der Waals surface area contributed by atoms with Gasteiger partial charge in [0.05, 0.1) is 5.39 Å². The van der Waals surface area contributed by atoms with E-state index in [1.54, 1.807) is 11.3 Å². The van der Waals surface area contributed by atoms with Crippen molar-refractivity contribution < 1.29 is 4.74 Å². The van der Waals surface area contributed by atoms with Gasteiger partial charge in [0.25, 0.3) is 5.56 Å². The third-order valence-corrected chi connectivity index (χ3v) is 5.70. The summed E-state index contributed by atoms with van der Waals surface area (Å²) in [7, 11) is 0. The zero-order valence-corrected chi connectivity index (χ0v) is 13.8. The molecule has 1 aliphatic rings. The van der Waals surface area contributed by atoms with Crippen LogP contribution >= 0.6 is 11.3 Å².